The molecule has 0 spiro atoms. The van der Waals surface area contributed by atoms with Gasteiger partial charge in [-0.1, -0.05) is 30.3 Å². The molecule has 176 valence electrons. The van der Waals surface area contributed by atoms with Gasteiger partial charge < -0.3 is 20.1 Å². The van der Waals surface area contributed by atoms with E-state index in [1.165, 1.54) is 4.90 Å². The number of pyridine rings is 1. The van der Waals surface area contributed by atoms with E-state index in [0.29, 0.717) is 49.0 Å². The number of hydrogen-bond acceptors (Lipinski definition) is 7. The molecule has 2 aliphatic rings. The van der Waals surface area contributed by atoms with Gasteiger partial charge in [0, 0.05) is 6.54 Å². The number of nitrogens with zero attached hydrogens (tertiary/aromatic N) is 3. The van der Waals surface area contributed by atoms with Crippen LogP contribution in [0.1, 0.15) is 17.5 Å². The lowest BCUT2D eigenvalue weighted by Crippen LogP contribution is -2.29. The molecule has 3 aromatic rings. The fraction of sp³-hybridized carbons (Fsp3) is 0.231. The van der Waals surface area contributed by atoms with Gasteiger partial charge >= 0.3 is 6.09 Å². The molecule has 2 aromatic carbocycles. The number of carbonyl (C=O) groups is 2. The number of anilines is 2. The number of amides is 2. The summed E-state index contributed by atoms with van der Waals surface area (Å²) in [6.45, 7) is 1.69. The molecule has 2 aliphatic heterocycles. The van der Waals surface area contributed by atoms with Crippen molar-refractivity contribution in [2.45, 2.75) is 19.1 Å². The average molecular weight is 470 g/mol. The highest BCUT2D eigenvalue weighted by Gasteiger charge is 2.33. The molecule has 1 atom stereocenters. The predicted octanol–water partition coefficient (Wildman–Crippen LogP) is 3.46. The minimum absolute atomic E-state index is 0.0470. The SMILES string of the molecule is N#Cc1ccc(-c2cccc(CNCC[C@H]3CN(c4ccc5c(n4)NC(=O)CO5)C(=O)O3)c2)cc1. The van der Waals surface area contributed by atoms with Crippen LogP contribution in [0.25, 0.3) is 11.1 Å². The number of benzene rings is 2. The molecule has 9 heteroatoms. The molecule has 0 aliphatic carbocycles. The third-order valence-electron chi connectivity index (χ3n) is 5.86. The fourth-order valence-corrected chi connectivity index (χ4v) is 4.06. The molecular formula is C26H23N5O4. The Morgan fingerprint density at radius 1 is 1.11 bits per heavy atom. The summed E-state index contributed by atoms with van der Waals surface area (Å²) in [7, 11) is 0. The zero-order valence-corrected chi connectivity index (χ0v) is 18.9. The van der Waals surface area contributed by atoms with Crippen LogP contribution < -0.4 is 20.3 Å². The predicted molar refractivity (Wildman–Crippen MR) is 129 cm³/mol. The second-order valence-electron chi connectivity index (χ2n) is 8.32. The lowest BCUT2D eigenvalue weighted by atomic mass is 10.0. The van der Waals surface area contributed by atoms with Gasteiger partial charge in [-0.15, -0.1) is 0 Å². The third-order valence-corrected chi connectivity index (χ3v) is 5.86. The molecule has 35 heavy (non-hydrogen) atoms. The maximum atomic E-state index is 12.4. The van der Waals surface area contributed by atoms with Gasteiger partial charge in [-0.05, 0) is 60.0 Å². The summed E-state index contributed by atoms with van der Waals surface area (Å²) in [5.41, 5.74) is 3.93. The molecule has 0 bridgehead atoms. The molecule has 3 heterocycles. The zero-order valence-electron chi connectivity index (χ0n) is 18.9. The van der Waals surface area contributed by atoms with Crippen LogP contribution in [0.15, 0.2) is 60.7 Å². The number of carbonyl (C=O) groups excluding carboxylic acids is 2. The Kier molecular flexibility index (Phi) is 6.28. The van der Waals surface area contributed by atoms with Gasteiger partial charge in [0.2, 0.25) is 0 Å². The summed E-state index contributed by atoms with van der Waals surface area (Å²) in [5.74, 6) is 0.914. The Morgan fingerprint density at radius 2 is 1.97 bits per heavy atom. The van der Waals surface area contributed by atoms with Crippen molar-refractivity contribution in [3.05, 3.63) is 71.8 Å². The molecule has 2 amide bonds. The van der Waals surface area contributed by atoms with E-state index in [1.54, 1.807) is 12.1 Å². The smallest absolute Gasteiger partial charge is 0.415 e. The van der Waals surface area contributed by atoms with Crippen molar-refractivity contribution in [1.29, 1.82) is 5.26 Å². The monoisotopic (exact) mass is 469 g/mol. The average Bonchev–Trinajstić information content (AvgIpc) is 3.26. The summed E-state index contributed by atoms with van der Waals surface area (Å²) in [4.78, 5) is 29.7. The van der Waals surface area contributed by atoms with Gasteiger partial charge in [0.1, 0.15) is 11.9 Å². The van der Waals surface area contributed by atoms with Crippen LogP contribution in [0, 0.1) is 11.3 Å². The largest absolute Gasteiger partial charge is 0.480 e. The van der Waals surface area contributed by atoms with Crippen molar-refractivity contribution < 1.29 is 19.1 Å². The van der Waals surface area contributed by atoms with E-state index in [1.807, 2.05) is 36.4 Å². The normalized spacial score (nSPS) is 16.7. The number of rotatable bonds is 7. The lowest BCUT2D eigenvalue weighted by Gasteiger charge is -2.19. The van der Waals surface area contributed by atoms with E-state index in [2.05, 4.69) is 33.8 Å². The van der Waals surface area contributed by atoms with Crippen LogP contribution in [-0.2, 0) is 16.1 Å². The quantitative estimate of drug-likeness (QED) is 0.509. The maximum absolute atomic E-state index is 12.4. The summed E-state index contributed by atoms with van der Waals surface area (Å²) in [6, 6.07) is 21.3. The van der Waals surface area contributed by atoms with E-state index in [0.717, 1.165) is 16.7 Å². The van der Waals surface area contributed by atoms with Gasteiger partial charge in [0.15, 0.2) is 18.2 Å². The molecule has 0 unspecified atom stereocenters. The molecule has 5 rings (SSSR count). The Hall–Kier alpha value is -4.42. The van der Waals surface area contributed by atoms with Crippen molar-refractivity contribution in [3.63, 3.8) is 0 Å². The van der Waals surface area contributed by atoms with E-state index in [-0.39, 0.29) is 18.6 Å². The molecular weight excluding hydrogens is 446 g/mol. The van der Waals surface area contributed by atoms with Crippen LogP contribution >= 0.6 is 0 Å². The van der Waals surface area contributed by atoms with Crippen molar-refractivity contribution in [2.75, 3.05) is 29.9 Å². The number of cyclic esters (lactones) is 1. The van der Waals surface area contributed by atoms with Crippen molar-refractivity contribution in [1.82, 2.24) is 10.3 Å². The highest BCUT2D eigenvalue weighted by atomic mass is 16.6. The van der Waals surface area contributed by atoms with Crippen LogP contribution in [0.4, 0.5) is 16.4 Å². The Labute approximate surface area is 202 Å². The first-order valence-electron chi connectivity index (χ1n) is 11.3. The van der Waals surface area contributed by atoms with E-state index < -0.39 is 6.09 Å². The Balaban J connectivity index is 1.13. The number of hydrogen-bond donors (Lipinski definition) is 2. The number of ether oxygens (including phenoxy) is 2. The molecule has 0 radical (unpaired) electrons. The number of aromatic nitrogens is 1. The standard InChI is InChI=1S/C26H23N5O4/c27-13-17-4-6-19(7-5-17)20-3-1-2-18(12-20)14-28-11-10-21-15-31(26(33)35-21)23-9-8-22-25(29-23)30-24(32)16-34-22/h1-9,12,21,28H,10-11,14-16H2,(H,29,30,32)/t21-/m0/s1. The minimum atomic E-state index is -0.458. The Morgan fingerprint density at radius 3 is 2.80 bits per heavy atom. The number of nitrogens with one attached hydrogen (secondary N) is 2. The van der Waals surface area contributed by atoms with E-state index >= 15 is 0 Å². The van der Waals surface area contributed by atoms with Gasteiger partial charge in [0.25, 0.3) is 5.91 Å². The first-order valence-corrected chi connectivity index (χ1v) is 11.3. The molecule has 1 fully saturated rings. The number of nitriles is 1. The summed E-state index contributed by atoms with van der Waals surface area (Å²) < 4.78 is 10.8. The summed E-state index contributed by atoms with van der Waals surface area (Å²) in [5, 5.41) is 15.0. The zero-order chi connectivity index (χ0) is 24.2. The molecule has 0 saturated carbocycles. The number of fused-ring (bicyclic) bond motifs is 1. The van der Waals surface area contributed by atoms with Crippen molar-refractivity contribution >= 4 is 23.6 Å². The topological polar surface area (TPSA) is 117 Å². The fourth-order valence-electron chi connectivity index (χ4n) is 4.06. The second-order valence-corrected chi connectivity index (χ2v) is 8.32. The van der Waals surface area contributed by atoms with E-state index in [9.17, 15) is 9.59 Å². The summed E-state index contributed by atoms with van der Waals surface area (Å²) >= 11 is 0. The second kappa shape index (κ2) is 9.83. The first kappa shape index (κ1) is 22.4. The summed E-state index contributed by atoms with van der Waals surface area (Å²) in [6.07, 6.45) is -0.0632. The van der Waals surface area contributed by atoms with Gasteiger partial charge in [-0.2, -0.15) is 5.26 Å². The van der Waals surface area contributed by atoms with Crippen LogP contribution in [-0.4, -0.2) is 42.8 Å². The van der Waals surface area contributed by atoms with Crippen molar-refractivity contribution in [3.8, 4) is 22.9 Å². The van der Waals surface area contributed by atoms with Crippen LogP contribution in [0.2, 0.25) is 0 Å². The molecule has 2 N–H and O–H groups in total. The minimum Gasteiger partial charge on any atom is -0.480 e. The first-order chi connectivity index (χ1) is 17.1. The molecule has 1 saturated heterocycles. The lowest BCUT2D eigenvalue weighted by molar-refractivity contribution is -0.118. The highest BCUT2D eigenvalue weighted by molar-refractivity contribution is 5.95. The van der Waals surface area contributed by atoms with E-state index in [4.69, 9.17) is 14.7 Å². The van der Waals surface area contributed by atoms with Gasteiger partial charge in [0.05, 0.1) is 18.2 Å². The highest BCUT2D eigenvalue weighted by Crippen LogP contribution is 2.30. The molecule has 1 aromatic heterocycles. The van der Waals surface area contributed by atoms with Crippen molar-refractivity contribution in [2.24, 2.45) is 0 Å². The third kappa shape index (κ3) is 5.08. The maximum Gasteiger partial charge on any atom is 0.415 e. The van der Waals surface area contributed by atoms with Gasteiger partial charge in [-0.25, -0.2) is 9.78 Å². The Bertz CT molecular complexity index is 1300. The van der Waals surface area contributed by atoms with Crippen LogP contribution in [0.5, 0.6) is 5.75 Å². The van der Waals surface area contributed by atoms with Crippen LogP contribution in [0.3, 0.4) is 0 Å². The molecule has 9 nitrogen and oxygen atoms in total. The van der Waals surface area contributed by atoms with Gasteiger partial charge in [-0.3, -0.25) is 9.69 Å².